The number of benzene rings is 2. The molecule has 0 aliphatic carbocycles. The molecule has 0 fully saturated rings. The second-order valence-corrected chi connectivity index (χ2v) is 6.06. The van der Waals surface area contributed by atoms with Gasteiger partial charge in [0.15, 0.2) is 5.82 Å². The van der Waals surface area contributed by atoms with Crippen molar-refractivity contribution < 1.29 is 4.79 Å². The Morgan fingerprint density at radius 1 is 1.00 bits per heavy atom. The number of carbonyl (C=O) groups excluding carboxylic acids is 1. The molecule has 4 rings (SSSR count). The van der Waals surface area contributed by atoms with Crippen molar-refractivity contribution in [1.29, 1.82) is 0 Å². The monoisotopic (exact) mass is 360 g/mol. The second-order valence-electron chi connectivity index (χ2n) is 5.63. The Balaban J connectivity index is 1.83. The van der Waals surface area contributed by atoms with Gasteiger partial charge in [-0.3, -0.25) is 9.78 Å². The molecule has 0 radical (unpaired) electrons. The van der Waals surface area contributed by atoms with Crippen LogP contribution in [0.3, 0.4) is 0 Å². The van der Waals surface area contributed by atoms with E-state index in [2.05, 4.69) is 20.3 Å². The maximum Gasteiger partial charge on any atom is 0.257 e. The van der Waals surface area contributed by atoms with Gasteiger partial charge in [0.05, 0.1) is 23.0 Å². The van der Waals surface area contributed by atoms with Crippen molar-refractivity contribution >= 4 is 34.2 Å². The van der Waals surface area contributed by atoms with E-state index < -0.39 is 0 Å². The van der Waals surface area contributed by atoms with Gasteiger partial charge < -0.3 is 5.32 Å². The highest BCUT2D eigenvalue weighted by atomic mass is 35.5. The van der Waals surface area contributed by atoms with Gasteiger partial charge in [-0.25, -0.2) is 9.97 Å². The van der Waals surface area contributed by atoms with E-state index in [1.54, 1.807) is 18.3 Å². The van der Waals surface area contributed by atoms with Crippen molar-refractivity contribution in [2.75, 3.05) is 5.32 Å². The smallest absolute Gasteiger partial charge is 0.257 e. The van der Waals surface area contributed by atoms with E-state index >= 15 is 0 Å². The number of rotatable bonds is 3. The molecule has 0 bridgehead atoms. The fourth-order valence-electron chi connectivity index (χ4n) is 2.71. The van der Waals surface area contributed by atoms with Gasteiger partial charge in [0, 0.05) is 28.4 Å². The number of hydrogen-bond donors (Lipinski definition) is 1. The van der Waals surface area contributed by atoms with Gasteiger partial charge in [-0.1, -0.05) is 41.9 Å². The summed E-state index contributed by atoms with van der Waals surface area (Å²) in [6, 6.07) is 16.7. The third-order valence-electron chi connectivity index (χ3n) is 3.89. The van der Waals surface area contributed by atoms with Crippen LogP contribution in [0.15, 0.2) is 73.2 Å². The highest BCUT2D eigenvalue weighted by Gasteiger charge is 2.14. The molecule has 26 heavy (non-hydrogen) atoms. The van der Waals surface area contributed by atoms with Crippen LogP contribution in [-0.4, -0.2) is 20.9 Å². The first-order chi connectivity index (χ1) is 12.7. The fraction of sp³-hybridized carbons (Fsp3) is 0. The molecule has 0 spiro atoms. The fourth-order valence-corrected chi connectivity index (χ4v) is 2.90. The number of anilines is 1. The molecule has 0 unspecified atom stereocenters. The first-order valence-corrected chi connectivity index (χ1v) is 8.31. The Hall–Kier alpha value is -3.31. The average Bonchev–Trinajstić information content (AvgIpc) is 2.68. The summed E-state index contributed by atoms with van der Waals surface area (Å²) in [4.78, 5) is 25.6. The summed E-state index contributed by atoms with van der Waals surface area (Å²) in [5.41, 5.74) is 2.76. The molecule has 5 nitrogen and oxygen atoms in total. The van der Waals surface area contributed by atoms with Crippen LogP contribution >= 0.6 is 11.6 Å². The molecule has 0 atom stereocenters. The summed E-state index contributed by atoms with van der Waals surface area (Å²) in [6.45, 7) is 0. The Morgan fingerprint density at radius 3 is 2.69 bits per heavy atom. The molecule has 2 aromatic heterocycles. The topological polar surface area (TPSA) is 67.8 Å². The van der Waals surface area contributed by atoms with Crippen molar-refractivity contribution in [1.82, 2.24) is 15.0 Å². The number of nitrogens with zero attached hydrogens (tertiary/aromatic N) is 3. The van der Waals surface area contributed by atoms with Gasteiger partial charge in [-0.05, 0) is 24.3 Å². The van der Waals surface area contributed by atoms with E-state index in [0.29, 0.717) is 22.1 Å². The van der Waals surface area contributed by atoms with Crippen molar-refractivity contribution in [3.63, 3.8) is 0 Å². The average molecular weight is 361 g/mol. The summed E-state index contributed by atoms with van der Waals surface area (Å²) >= 11 is 6.10. The molecule has 2 aromatic carbocycles. The maximum absolute atomic E-state index is 12.8. The molecule has 1 amide bonds. The summed E-state index contributed by atoms with van der Waals surface area (Å²) < 4.78 is 0. The molecule has 0 aliphatic rings. The molecule has 0 saturated heterocycles. The lowest BCUT2D eigenvalue weighted by atomic mass is 10.0. The minimum absolute atomic E-state index is 0.271. The van der Waals surface area contributed by atoms with Crippen LogP contribution in [-0.2, 0) is 0 Å². The van der Waals surface area contributed by atoms with E-state index in [1.807, 2.05) is 42.5 Å². The Labute approximate surface area is 154 Å². The summed E-state index contributed by atoms with van der Waals surface area (Å²) in [6.07, 6.45) is 4.57. The summed E-state index contributed by atoms with van der Waals surface area (Å²) in [5.74, 6) is 0.120. The van der Waals surface area contributed by atoms with Crippen LogP contribution < -0.4 is 5.32 Å². The Morgan fingerprint density at radius 2 is 1.88 bits per heavy atom. The van der Waals surface area contributed by atoms with Gasteiger partial charge in [-0.2, -0.15) is 0 Å². The zero-order valence-electron chi connectivity index (χ0n) is 13.6. The molecule has 0 saturated carbocycles. The molecular weight excluding hydrogens is 348 g/mol. The van der Waals surface area contributed by atoms with Crippen molar-refractivity contribution in [3.8, 4) is 11.3 Å². The Kier molecular flexibility index (Phi) is 4.29. The molecule has 1 N–H and O–H groups in total. The van der Waals surface area contributed by atoms with Gasteiger partial charge >= 0.3 is 0 Å². The van der Waals surface area contributed by atoms with Gasteiger partial charge in [0.1, 0.15) is 0 Å². The standard InChI is InChI=1S/C20H13ClN4O/c21-14-5-3-4-13(10-14)18-11-16(15-6-1-2-7-17(15)24-18)20(26)25-19-12-22-8-9-23-19/h1-12H,(H,23,25,26). The van der Waals surface area contributed by atoms with E-state index in [1.165, 1.54) is 12.4 Å². The SMILES string of the molecule is O=C(Nc1cnccn1)c1cc(-c2cccc(Cl)c2)nc2ccccc12. The summed E-state index contributed by atoms with van der Waals surface area (Å²) in [7, 11) is 0. The molecule has 6 heteroatoms. The van der Waals surface area contributed by atoms with Gasteiger partial charge in [0.2, 0.25) is 0 Å². The van der Waals surface area contributed by atoms with Crippen LogP contribution in [0.25, 0.3) is 22.2 Å². The zero-order valence-corrected chi connectivity index (χ0v) is 14.3. The van der Waals surface area contributed by atoms with Gasteiger partial charge in [-0.15, -0.1) is 0 Å². The van der Waals surface area contributed by atoms with Gasteiger partial charge in [0.25, 0.3) is 5.91 Å². The number of para-hydroxylation sites is 1. The minimum Gasteiger partial charge on any atom is -0.305 e. The van der Waals surface area contributed by atoms with Crippen molar-refractivity contribution in [2.24, 2.45) is 0 Å². The number of aromatic nitrogens is 3. The van der Waals surface area contributed by atoms with Crippen LogP contribution in [0.2, 0.25) is 5.02 Å². The number of carbonyl (C=O) groups is 1. The molecular formula is C20H13ClN4O. The quantitative estimate of drug-likeness (QED) is 0.580. The number of fused-ring (bicyclic) bond motifs is 1. The van der Waals surface area contributed by atoms with E-state index in [0.717, 1.165) is 16.5 Å². The van der Waals surface area contributed by atoms with Crippen LogP contribution in [0.1, 0.15) is 10.4 Å². The normalized spacial score (nSPS) is 10.7. The van der Waals surface area contributed by atoms with Crippen molar-refractivity contribution in [2.45, 2.75) is 0 Å². The number of halogens is 1. The van der Waals surface area contributed by atoms with Crippen LogP contribution in [0, 0.1) is 0 Å². The lowest BCUT2D eigenvalue weighted by Gasteiger charge is -2.10. The predicted molar refractivity (Wildman–Crippen MR) is 102 cm³/mol. The maximum atomic E-state index is 12.8. The zero-order chi connectivity index (χ0) is 17.9. The van der Waals surface area contributed by atoms with E-state index in [9.17, 15) is 4.79 Å². The molecule has 2 heterocycles. The molecule has 126 valence electrons. The highest BCUT2D eigenvalue weighted by Crippen LogP contribution is 2.27. The summed E-state index contributed by atoms with van der Waals surface area (Å²) in [5, 5.41) is 4.15. The van der Waals surface area contributed by atoms with Crippen LogP contribution in [0.5, 0.6) is 0 Å². The second kappa shape index (κ2) is 6.90. The highest BCUT2D eigenvalue weighted by molar-refractivity contribution is 6.30. The number of nitrogens with one attached hydrogen (secondary N) is 1. The molecule has 0 aliphatic heterocycles. The molecule has 4 aromatic rings. The lowest BCUT2D eigenvalue weighted by Crippen LogP contribution is -2.14. The van der Waals surface area contributed by atoms with Crippen molar-refractivity contribution in [3.05, 3.63) is 83.8 Å². The lowest BCUT2D eigenvalue weighted by molar-refractivity contribution is 0.102. The number of amides is 1. The number of pyridine rings is 1. The third kappa shape index (κ3) is 3.25. The minimum atomic E-state index is -0.271. The van der Waals surface area contributed by atoms with E-state index in [-0.39, 0.29) is 5.91 Å². The van der Waals surface area contributed by atoms with Crippen LogP contribution in [0.4, 0.5) is 5.82 Å². The number of hydrogen-bond acceptors (Lipinski definition) is 4. The predicted octanol–water partition coefficient (Wildman–Crippen LogP) is 4.60. The van der Waals surface area contributed by atoms with E-state index in [4.69, 9.17) is 11.6 Å². The Bertz CT molecular complexity index is 1100. The largest absolute Gasteiger partial charge is 0.305 e. The third-order valence-corrected chi connectivity index (χ3v) is 4.12. The first-order valence-electron chi connectivity index (χ1n) is 7.94. The first kappa shape index (κ1) is 16.2.